The number of thiocarbonyl (C=S) groups is 1. The Hall–Kier alpha value is -1.20. The summed E-state index contributed by atoms with van der Waals surface area (Å²) in [5, 5.41) is 0. The van der Waals surface area contributed by atoms with Crippen molar-refractivity contribution in [2.45, 2.75) is 26.0 Å². The molecule has 1 saturated heterocycles. The molecule has 0 saturated carbocycles. The Labute approximate surface area is 107 Å². The molecule has 2 atom stereocenters. The summed E-state index contributed by atoms with van der Waals surface area (Å²) < 4.78 is 5.61. The van der Waals surface area contributed by atoms with E-state index in [4.69, 9.17) is 22.7 Å². The number of hydrogen-bond acceptors (Lipinski definition) is 4. The molecule has 0 spiro atoms. The molecule has 1 aromatic rings. The lowest BCUT2D eigenvalue weighted by Gasteiger charge is -2.38. The second-order valence-corrected chi connectivity index (χ2v) is 4.82. The maximum atomic E-state index is 5.73. The van der Waals surface area contributed by atoms with Gasteiger partial charge in [0.25, 0.3) is 0 Å². The average Bonchev–Trinajstić information content (AvgIpc) is 2.32. The van der Waals surface area contributed by atoms with Gasteiger partial charge in [0.1, 0.15) is 10.8 Å². The topological polar surface area (TPSA) is 51.4 Å². The van der Waals surface area contributed by atoms with Crippen molar-refractivity contribution in [2.24, 2.45) is 5.73 Å². The van der Waals surface area contributed by atoms with Gasteiger partial charge in [-0.3, -0.25) is 0 Å². The van der Waals surface area contributed by atoms with Crippen LogP contribution in [0.15, 0.2) is 18.3 Å². The number of nitrogens with zero attached hydrogens (tertiary/aromatic N) is 2. The molecule has 2 unspecified atom stereocenters. The van der Waals surface area contributed by atoms with Crippen molar-refractivity contribution in [3.05, 3.63) is 23.9 Å². The SMILES string of the molecule is CC1CN(c2ncccc2C(N)=S)C(C)CO1. The van der Waals surface area contributed by atoms with E-state index in [1.165, 1.54) is 0 Å². The number of rotatable bonds is 2. The highest BCUT2D eigenvalue weighted by Crippen LogP contribution is 2.23. The van der Waals surface area contributed by atoms with Gasteiger partial charge in [-0.15, -0.1) is 0 Å². The Bertz CT molecular complexity index is 424. The summed E-state index contributed by atoms with van der Waals surface area (Å²) in [6.45, 7) is 5.69. The van der Waals surface area contributed by atoms with Gasteiger partial charge in [0.2, 0.25) is 0 Å². The van der Waals surface area contributed by atoms with Crippen molar-refractivity contribution < 1.29 is 4.74 Å². The van der Waals surface area contributed by atoms with E-state index in [9.17, 15) is 0 Å². The third-order valence-corrected chi connectivity index (χ3v) is 3.15. The van der Waals surface area contributed by atoms with Crippen LogP contribution in [0.4, 0.5) is 5.82 Å². The second kappa shape index (κ2) is 4.98. The number of pyridine rings is 1. The van der Waals surface area contributed by atoms with Crippen LogP contribution in [0.3, 0.4) is 0 Å². The van der Waals surface area contributed by atoms with Crippen LogP contribution in [0.5, 0.6) is 0 Å². The minimum atomic E-state index is 0.201. The van der Waals surface area contributed by atoms with Gasteiger partial charge in [-0.2, -0.15) is 0 Å². The predicted octanol–water partition coefficient (Wildman–Crippen LogP) is 1.33. The van der Waals surface area contributed by atoms with Crippen LogP contribution in [-0.2, 0) is 4.74 Å². The van der Waals surface area contributed by atoms with Gasteiger partial charge in [-0.05, 0) is 26.0 Å². The van der Waals surface area contributed by atoms with Crippen molar-refractivity contribution >= 4 is 23.0 Å². The monoisotopic (exact) mass is 251 g/mol. The fourth-order valence-corrected chi connectivity index (χ4v) is 2.18. The van der Waals surface area contributed by atoms with Crippen LogP contribution in [0, 0.1) is 0 Å². The molecule has 0 amide bonds. The zero-order valence-electron chi connectivity index (χ0n) is 10.1. The minimum Gasteiger partial charge on any atom is -0.389 e. The predicted molar refractivity (Wildman–Crippen MR) is 72.3 cm³/mol. The average molecular weight is 251 g/mol. The van der Waals surface area contributed by atoms with E-state index in [0.29, 0.717) is 11.6 Å². The molecular formula is C12H17N3OS. The highest BCUT2D eigenvalue weighted by molar-refractivity contribution is 7.80. The van der Waals surface area contributed by atoms with Gasteiger partial charge in [0.05, 0.1) is 24.3 Å². The quantitative estimate of drug-likeness (QED) is 0.804. The first-order chi connectivity index (χ1) is 8.09. The van der Waals surface area contributed by atoms with Crippen LogP contribution < -0.4 is 10.6 Å². The van der Waals surface area contributed by atoms with E-state index >= 15 is 0 Å². The molecule has 1 aliphatic heterocycles. The second-order valence-electron chi connectivity index (χ2n) is 4.38. The van der Waals surface area contributed by atoms with Gasteiger partial charge in [-0.25, -0.2) is 4.98 Å². The molecule has 4 nitrogen and oxygen atoms in total. The van der Waals surface area contributed by atoms with Gasteiger partial charge < -0.3 is 15.4 Å². The van der Waals surface area contributed by atoms with Crippen LogP contribution >= 0.6 is 12.2 Å². The number of ether oxygens (including phenoxy) is 1. The third-order valence-electron chi connectivity index (χ3n) is 2.93. The van der Waals surface area contributed by atoms with E-state index in [2.05, 4.69) is 23.7 Å². The van der Waals surface area contributed by atoms with Crippen molar-refractivity contribution in [2.75, 3.05) is 18.1 Å². The molecular weight excluding hydrogens is 234 g/mol. The molecule has 1 aromatic heterocycles. The van der Waals surface area contributed by atoms with Crippen molar-refractivity contribution in [3.8, 4) is 0 Å². The van der Waals surface area contributed by atoms with Gasteiger partial charge in [-0.1, -0.05) is 12.2 Å². The first-order valence-corrected chi connectivity index (χ1v) is 6.13. The van der Waals surface area contributed by atoms with Crippen LogP contribution in [0.1, 0.15) is 19.4 Å². The zero-order valence-corrected chi connectivity index (χ0v) is 10.9. The lowest BCUT2D eigenvalue weighted by Crippen LogP contribution is -2.48. The molecule has 1 fully saturated rings. The Balaban J connectivity index is 2.35. The summed E-state index contributed by atoms with van der Waals surface area (Å²) >= 11 is 5.07. The van der Waals surface area contributed by atoms with E-state index in [1.54, 1.807) is 6.20 Å². The Morgan fingerprint density at radius 2 is 2.35 bits per heavy atom. The fraction of sp³-hybridized carbons (Fsp3) is 0.500. The number of morpholine rings is 1. The summed E-state index contributed by atoms with van der Waals surface area (Å²) in [5.74, 6) is 0.864. The van der Waals surface area contributed by atoms with Crippen molar-refractivity contribution in [1.82, 2.24) is 4.98 Å². The maximum Gasteiger partial charge on any atom is 0.139 e. The Morgan fingerprint density at radius 3 is 3.06 bits per heavy atom. The Morgan fingerprint density at radius 1 is 1.59 bits per heavy atom. The van der Waals surface area contributed by atoms with Crippen LogP contribution in [-0.4, -0.2) is 35.3 Å². The Kier molecular flexibility index (Phi) is 3.59. The number of aromatic nitrogens is 1. The largest absolute Gasteiger partial charge is 0.389 e. The molecule has 5 heteroatoms. The molecule has 2 heterocycles. The van der Waals surface area contributed by atoms with Crippen molar-refractivity contribution in [3.63, 3.8) is 0 Å². The van der Waals surface area contributed by atoms with Gasteiger partial charge >= 0.3 is 0 Å². The summed E-state index contributed by atoms with van der Waals surface area (Å²) in [5.41, 5.74) is 6.57. The van der Waals surface area contributed by atoms with Crippen molar-refractivity contribution in [1.29, 1.82) is 0 Å². The lowest BCUT2D eigenvalue weighted by molar-refractivity contribution is 0.0340. The number of anilines is 1. The molecule has 1 aliphatic rings. The number of nitrogens with two attached hydrogens (primary N) is 1. The molecule has 0 aliphatic carbocycles. The molecule has 92 valence electrons. The zero-order chi connectivity index (χ0) is 12.4. The molecule has 17 heavy (non-hydrogen) atoms. The third kappa shape index (κ3) is 2.56. The standard InChI is InChI=1S/C12H17N3OS/c1-8-7-16-9(2)6-15(8)12-10(11(13)17)4-3-5-14-12/h3-5,8-9H,6-7H2,1-2H3,(H2,13,17). The molecule has 0 bridgehead atoms. The van der Waals surface area contributed by atoms with E-state index in [-0.39, 0.29) is 12.1 Å². The summed E-state index contributed by atoms with van der Waals surface area (Å²) in [6, 6.07) is 4.05. The lowest BCUT2D eigenvalue weighted by atomic mass is 10.1. The first kappa shape index (κ1) is 12.3. The smallest absolute Gasteiger partial charge is 0.139 e. The van der Waals surface area contributed by atoms with Gasteiger partial charge in [0.15, 0.2) is 0 Å². The number of hydrogen-bond donors (Lipinski definition) is 1. The highest BCUT2D eigenvalue weighted by atomic mass is 32.1. The molecule has 2 N–H and O–H groups in total. The molecule has 0 radical (unpaired) electrons. The van der Waals surface area contributed by atoms with Gasteiger partial charge in [0, 0.05) is 12.7 Å². The highest BCUT2D eigenvalue weighted by Gasteiger charge is 2.26. The normalized spacial score (nSPS) is 24.7. The fourth-order valence-electron chi connectivity index (χ4n) is 2.02. The summed E-state index contributed by atoms with van der Waals surface area (Å²) in [7, 11) is 0. The van der Waals surface area contributed by atoms with E-state index in [0.717, 1.165) is 17.9 Å². The maximum absolute atomic E-state index is 5.73. The summed E-state index contributed by atoms with van der Waals surface area (Å²) in [4.78, 5) is 7.01. The first-order valence-electron chi connectivity index (χ1n) is 5.72. The van der Waals surface area contributed by atoms with E-state index in [1.807, 2.05) is 12.1 Å². The summed E-state index contributed by atoms with van der Waals surface area (Å²) in [6.07, 6.45) is 1.97. The molecule has 0 aromatic carbocycles. The molecule has 2 rings (SSSR count). The van der Waals surface area contributed by atoms with Crippen LogP contribution in [0.25, 0.3) is 0 Å². The van der Waals surface area contributed by atoms with Crippen LogP contribution in [0.2, 0.25) is 0 Å². The van der Waals surface area contributed by atoms with E-state index < -0.39 is 0 Å². The minimum absolute atomic E-state index is 0.201.